The van der Waals surface area contributed by atoms with Crippen molar-refractivity contribution in [1.82, 2.24) is 0 Å². The van der Waals surface area contributed by atoms with E-state index in [0.29, 0.717) is 5.56 Å². The molecule has 0 spiro atoms. The fourth-order valence-electron chi connectivity index (χ4n) is 2.70. The van der Waals surface area contributed by atoms with Gasteiger partial charge in [-0.1, -0.05) is 30.3 Å². The van der Waals surface area contributed by atoms with E-state index >= 15 is 0 Å². The summed E-state index contributed by atoms with van der Waals surface area (Å²) < 4.78 is 9.20. The Bertz CT molecular complexity index is 1160. The Kier molecular flexibility index (Phi) is 2.33. The van der Waals surface area contributed by atoms with Crippen LogP contribution in [0.15, 0.2) is 64.4 Å². The van der Waals surface area contributed by atoms with Gasteiger partial charge in [0.1, 0.15) is 0 Å². The molecule has 2 aromatic heterocycles. The van der Waals surface area contributed by atoms with Crippen LogP contribution in [0.4, 0.5) is 0 Å². The predicted molar refractivity (Wildman–Crippen MR) is 78.9 cm³/mol. The zero-order valence-corrected chi connectivity index (χ0v) is 10.9. The summed E-state index contributed by atoms with van der Waals surface area (Å²) >= 11 is 0. The Hall–Kier alpha value is -3.28. The number of rotatable bonds is 1. The molecule has 0 radical (unpaired) electrons. The van der Waals surface area contributed by atoms with Crippen LogP contribution in [0.2, 0.25) is 0 Å². The van der Waals surface area contributed by atoms with Crippen LogP contribution in [0.5, 0.6) is 0 Å². The summed E-state index contributed by atoms with van der Waals surface area (Å²) in [6.07, 6.45) is 0. The highest BCUT2D eigenvalue weighted by atomic mass is 16.4. The monoisotopic (exact) mass is 294 g/mol. The molecule has 0 N–H and O–H groups in total. The molecule has 106 valence electrons. The van der Waals surface area contributed by atoms with Crippen molar-refractivity contribution in [2.45, 2.75) is 0 Å². The van der Waals surface area contributed by atoms with Crippen LogP contribution in [-0.4, -0.2) is 0 Å². The second-order valence-corrected chi connectivity index (χ2v) is 4.82. The smallest absolute Gasteiger partial charge is 0.347 e. The van der Waals surface area contributed by atoms with E-state index < -0.39 is 22.5 Å². The third-order valence-corrected chi connectivity index (χ3v) is 3.61. The van der Waals surface area contributed by atoms with Crippen molar-refractivity contribution in [3.8, 4) is 11.1 Å². The van der Waals surface area contributed by atoms with Gasteiger partial charge in [0.2, 0.25) is 0 Å². The predicted octanol–water partition coefficient (Wildman–Crippen LogP) is 1.16. The van der Waals surface area contributed by atoms with Crippen molar-refractivity contribution in [1.29, 1.82) is 0 Å². The van der Waals surface area contributed by atoms with E-state index in [2.05, 4.69) is 8.83 Å². The quantitative estimate of drug-likeness (QED) is 0.523. The van der Waals surface area contributed by atoms with Crippen LogP contribution >= 0.6 is 0 Å². The summed E-state index contributed by atoms with van der Waals surface area (Å²) in [4.78, 5) is 47.5. The highest BCUT2D eigenvalue weighted by Crippen LogP contribution is 2.31. The lowest BCUT2D eigenvalue weighted by molar-refractivity contribution is 0.498. The van der Waals surface area contributed by atoms with E-state index in [1.165, 1.54) is 6.07 Å². The molecule has 0 amide bonds. The van der Waals surface area contributed by atoms with Crippen LogP contribution < -0.4 is 22.5 Å². The van der Waals surface area contributed by atoms with Crippen LogP contribution in [0.1, 0.15) is 0 Å². The Labute approximate surface area is 120 Å². The molecule has 0 unspecified atom stereocenters. The number of benzene rings is 2. The molecule has 4 rings (SSSR count). The van der Waals surface area contributed by atoms with E-state index in [-0.39, 0.29) is 27.1 Å². The van der Waals surface area contributed by atoms with Gasteiger partial charge >= 0.3 is 22.5 Å². The van der Waals surface area contributed by atoms with Crippen molar-refractivity contribution in [3.05, 3.63) is 78.1 Å². The topological polar surface area (TPSA) is 94.6 Å². The average Bonchev–Trinajstić information content (AvgIpc) is 2.96. The van der Waals surface area contributed by atoms with Gasteiger partial charge in [-0.2, -0.15) is 0 Å². The molecule has 6 nitrogen and oxygen atoms in total. The van der Waals surface area contributed by atoms with Crippen molar-refractivity contribution < 1.29 is 8.83 Å². The first-order chi connectivity index (χ1) is 10.6. The summed E-state index contributed by atoms with van der Waals surface area (Å²) in [6.45, 7) is 0. The fourth-order valence-corrected chi connectivity index (χ4v) is 2.70. The van der Waals surface area contributed by atoms with E-state index in [4.69, 9.17) is 0 Å². The lowest BCUT2D eigenvalue weighted by Crippen LogP contribution is -1.99. The molecule has 22 heavy (non-hydrogen) atoms. The minimum absolute atomic E-state index is 0.0124. The molecule has 0 aliphatic carbocycles. The van der Waals surface area contributed by atoms with Crippen LogP contribution in [0.25, 0.3) is 32.7 Å². The second kappa shape index (κ2) is 4.11. The van der Waals surface area contributed by atoms with E-state index in [9.17, 15) is 19.2 Å². The molecule has 0 saturated heterocycles. The number of furan rings is 2. The van der Waals surface area contributed by atoms with Crippen LogP contribution in [0.3, 0.4) is 0 Å². The summed E-state index contributed by atoms with van der Waals surface area (Å²) in [6, 6.07) is 9.71. The van der Waals surface area contributed by atoms with Gasteiger partial charge in [0, 0.05) is 5.56 Å². The molecule has 0 fully saturated rings. The van der Waals surface area contributed by atoms with Crippen molar-refractivity contribution in [2.75, 3.05) is 0 Å². The standard InChI is InChI=1S/C16H6O6/c17-13-8-6-9-12(16(20)22-14(9)18)10(11(8)15(19)21-13)7-4-2-1-3-5-7/h1-6H. The number of fused-ring (bicyclic) bond motifs is 2. The summed E-state index contributed by atoms with van der Waals surface area (Å²) in [5.41, 5.74) is -2.64. The summed E-state index contributed by atoms with van der Waals surface area (Å²) in [5, 5.41) is -0.0910. The fraction of sp³-hybridized carbons (Fsp3) is 0. The SMILES string of the molecule is O=c1oc(=O)c2c(-c3ccccc3)c3c(=O)oc(=O)c3cc12. The lowest BCUT2D eigenvalue weighted by atomic mass is 9.96. The maximum atomic E-state index is 12.0. The molecule has 0 saturated carbocycles. The lowest BCUT2D eigenvalue weighted by Gasteiger charge is -2.03. The minimum Gasteiger partial charge on any atom is -0.386 e. The molecule has 6 heteroatoms. The zero-order chi connectivity index (χ0) is 15.4. The number of hydrogen-bond acceptors (Lipinski definition) is 6. The molecular weight excluding hydrogens is 288 g/mol. The molecular formula is C16H6O6. The van der Waals surface area contributed by atoms with Gasteiger partial charge in [-0.05, 0) is 11.6 Å². The summed E-state index contributed by atoms with van der Waals surface area (Å²) in [5.74, 6) is 0. The van der Waals surface area contributed by atoms with E-state index in [1.807, 2.05) is 0 Å². The van der Waals surface area contributed by atoms with Gasteiger partial charge in [0.25, 0.3) is 0 Å². The second-order valence-electron chi connectivity index (χ2n) is 4.82. The molecule has 0 aliphatic heterocycles. The molecule has 0 atom stereocenters. The Morgan fingerprint density at radius 1 is 0.636 bits per heavy atom. The molecule has 4 aromatic rings. The van der Waals surface area contributed by atoms with Gasteiger partial charge < -0.3 is 8.83 Å². The Morgan fingerprint density at radius 3 is 1.64 bits per heavy atom. The third-order valence-electron chi connectivity index (χ3n) is 3.61. The largest absolute Gasteiger partial charge is 0.386 e. The molecule has 2 aromatic carbocycles. The normalized spacial score (nSPS) is 11.5. The van der Waals surface area contributed by atoms with Gasteiger partial charge in [0.15, 0.2) is 0 Å². The van der Waals surface area contributed by atoms with E-state index in [0.717, 1.165) is 0 Å². The number of hydrogen-bond donors (Lipinski definition) is 0. The van der Waals surface area contributed by atoms with Crippen LogP contribution in [-0.2, 0) is 0 Å². The Balaban J connectivity index is 2.43. The van der Waals surface area contributed by atoms with Gasteiger partial charge in [0.05, 0.1) is 21.5 Å². The maximum absolute atomic E-state index is 12.0. The zero-order valence-electron chi connectivity index (χ0n) is 10.9. The maximum Gasteiger partial charge on any atom is 0.347 e. The molecule has 2 heterocycles. The molecule has 0 aliphatic rings. The van der Waals surface area contributed by atoms with Gasteiger partial charge in [-0.3, -0.25) is 0 Å². The van der Waals surface area contributed by atoms with E-state index in [1.54, 1.807) is 30.3 Å². The van der Waals surface area contributed by atoms with Crippen molar-refractivity contribution in [3.63, 3.8) is 0 Å². The Morgan fingerprint density at radius 2 is 1.14 bits per heavy atom. The minimum atomic E-state index is -0.841. The average molecular weight is 294 g/mol. The third kappa shape index (κ3) is 1.49. The molecule has 0 bridgehead atoms. The summed E-state index contributed by atoms with van der Waals surface area (Å²) in [7, 11) is 0. The first-order valence-electron chi connectivity index (χ1n) is 6.37. The van der Waals surface area contributed by atoms with Crippen molar-refractivity contribution >= 4 is 21.5 Å². The van der Waals surface area contributed by atoms with Gasteiger partial charge in [-0.15, -0.1) is 0 Å². The highest BCUT2D eigenvalue weighted by molar-refractivity contribution is 6.11. The van der Waals surface area contributed by atoms with Gasteiger partial charge in [-0.25, -0.2) is 19.2 Å². The first kappa shape index (κ1) is 12.5. The highest BCUT2D eigenvalue weighted by Gasteiger charge is 2.23. The van der Waals surface area contributed by atoms with Crippen molar-refractivity contribution in [2.24, 2.45) is 0 Å². The first-order valence-corrected chi connectivity index (χ1v) is 6.37. The van der Waals surface area contributed by atoms with Crippen LogP contribution in [0, 0.1) is 0 Å².